The molecule has 1 fully saturated rings. The van der Waals surface area contributed by atoms with Crippen LogP contribution in [0.4, 0.5) is 0 Å². The predicted octanol–water partition coefficient (Wildman–Crippen LogP) is 1.45. The first-order valence-electron chi connectivity index (χ1n) is 7.52. The molecule has 0 amide bonds. The smallest absolute Gasteiger partial charge is 0.282 e. The average molecular weight is 303 g/mol. The average Bonchev–Trinajstić information content (AvgIpc) is 2.42. The highest BCUT2D eigenvalue weighted by Gasteiger charge is 2.34. The second-order valence-corrected chi connectivity index (χ2v) is 7.51. The minimum Gasteiger partial charge on any atom is -0.317 e. The Morgan fingerprint density at radius 2 is 2.20 bits per heavy atom. The molecule has 6 heteroatoms. The lowest BCUT2D eigenvalue weighted by Crippen LogP contribution is -2.51. The summed E-state index contributed by atoms with van der Waals surface area (Å²) in [5.41, 5.74) is 0. The zero-order valence-electron chi connectivity index (χ0n) is 13.0. The summed E-state index contributed by atoms with van der Waals surface area (Å²) in [4.78, 5) is 0. The molecule has 0 aromatic heterocycles. The molecule has 1 N–H and O–H groups in total. The summed E-state index contributed by atoms with van der Waals surface area (Å²) in [6.45, 7) is 13.0. The van der Waals surface area contributed by atoms with Gasteiger partial charge in [0.15, 0.2) is 0 Å². The van der Waals surface area contributed by atoms with Crippen LogP contribution in [0, 0.1) is 5.92 Å². The second kappa shape index (κ2) is 8.12. The molecule has 118 valence electrons. The second-order valence-electron chi connectivity index (χ2n) is 5.63. The van der Waals surface area contributed by atoms with E-state index in [-0.39, 0.29) is 6.04 Å². The van der Waals surface area contributed by atoms with E-state index in [2.05, 4.69) is 18.8 Å². The van der Waals surface area contributed by atoms with Crippen molar-refractivity contribution in [3.63, 3.8) is 0 Å². The van der Waals surface area contributed by atoms with E-state index < -0.39 is 10.2 Å². The molecule has 1 aliphatic heterocycles. The van der Waals surface area contributed by atoms with Crippen molar-refractivity contribution in [2.24, 2.45) is 5.92 Å². The summed E-state index contributed by atoms with van der Waals surface area (Å²) >= 11 is 0. The Hall–Kier alpha value is -0.430. The number of rotatable bonds is 8. The lowest BCUT2D eigenvalue weighted by molar-refractivity contribution is 0.238. The van der Waals surface area contributed by atoms with Gasteiger partial charge >= 0.3 is 0 Å². The molecule has 0 saturated carbocycles. The van der Waals surface area contributed by atoms with E-state index in [1.165, 1.54) is 4.31 Å². The molecule has 0 aliphatic carbocycles. The molecule has 1 heterocycles. The van der Waals surface area contributed by atoms with E-state index in [0.29, 0.717) is 25.6 Å². The first-order chi connectivity index (χ1) is 9.43. The maximum atomic E-state index is 12.7. The zero-order chi connectivity index (χ0) is 15.2. The largest absolute Gasteiger partial charge is 0.317 e. The fourth-order valence-electron chi connectivity index (χ4n) is 2.60. The van der Waals surface area contributed by atoms with Crippen molar-refractivity contribution in [1.82, 2.24) is 13.9 Å². The number of hydrogen-bond acceptors (Lipinski definition) is 3. The lowest BCUT2D eigenvalue weighted by Gasteiger charge is -2.36. The van der Waals surface area contributed by atoms with Crippen LogP contribution < -0.4 is 5.32 Å². The Morgan fingerprint density at radius 3 is 2.75 bits per heavy atom. The van der Waals surface area contributed by atoms with Crippen LogP contribution in [0.2, 0.25) is 0 Å². The summed E-state index contributed by atoms with van der Waals surface area (Å²) in [5.74, 6) is 0.413. The Labute approximate surface area is 124 Å². The van der Waals surface area contributed by atoms with Gasteiger partial charge in [0.2, 0.25) is 0 Å². The molecule has 1 atom stereocenters. The van der Waals surface area contributed by atoms with Gasteiger partial charge < -0.3 is 5.32 Å². The molecule has 5 nitrogen and oxygen atoms in total. The number of nitrogens with zero attached hydrogens (tertiary/aromatic N) is 2. The van der Waals surface area contributed by atoms with Crippen LogP contribution in [-0.2, 0) is 10.2 Å². The lowest BCUT2D eigenvalue weighted by atomic mass is 10.00. The minimum absolute atomic E-state index is 0.0489. The Kier molecular flexibility index (Phi) is 7.15. The van der Waals surface area contributed by atoms with Gasteiger partial charge in [0.1, 0.15) is 0 Å². The van der Waals surface area contributed by atoms with Crippen LogP contribution in [0.3, 0.4) is 0 Å². The van der Waals surface area contributed by atoms with Gasteiger partial charge in [0.25, 0.3) is 10.2 Å². The van der Waals surface area contributed by atoms with Gasteiger partial charge in [0.05, 0.1) is 0 Å². The molecule has 1 aliphatic rings. The third-order valence-corrected chi connectivity index (χ3v) is 5.82. The van der Waals surface area contributed by atoms with Crippen molar-refractivity contribution in [3.05, 3.63) is 12.7 Å². The standard InChI is InChI=1S/C14H29N3O2S/c1-5-9-17(13(3)4)20(18,19)16-10-7-8-14(12-16)11-15-6-2/h5,13-15H,1,6-12H2,2-4H3. The molecule has 0 radical (unpaired) electrons. The quantitative estimate of drug-likeness (QED) is 0.691. The van der Waals surface area contributed by atoms with Gasteiger partial charge in [-0.25, -0.2) is 0 Å². The highest BCUT2D eigenvalue weighted by atomic mass is 32.2. The topological polar surface area (TPSA) is 52.7 Å². The molecule has 20 heavy (non-hydrogen) atoms. The molecule has 0 aromatic carbocycles. The van der Waals surface area contributed by atoms with Crippen molar-refractivity contribution >= 4 is 10.2 Å². The molecular formula is C14H29N3O2S. The third kappa shape index (κ3) is 4.55. The van der Waals surface area contributed by atoms with Gasteiger partial charge in [-0.15, -0.1) is 6.58 Å². The van der Waals surface area contributed by atoms with Crippen molar-refractivity contribution in [2.75, 3.05) is 32.7 Å². The van der Waals surface area contributed by atoms with Crippen molar-refractivity contribution in [1.29, 1.82) is 0 Å². The molecule has 0 aromatic rings. The molecule has 1 rings (SSSR count). The maximum Gasteiger partial charge on any atom is 0.282 e. The van der Waals surface area contributed by atoms with Crippen LogP contribution in [0.25, 0.3) is 0 Å². The van der Waals surface area contributed by atoms with E-state index in [4.69, 9.17) is 0 Å². The SMILES string of the molecule is C=CCN(C(C)C)S(=O)(=O)N1CCCC(CNCC)C1. The van der Waals surface area contributed by atoms with Crippen LogP contribution in [0.5, 0.6) is 0 Å². The van der Waals surface area contributed by atoms with E-state index >= 15 is 0 Å². The van der Waals surface area contributed by atoms with Crippen LogP contribution >= 0.6 is 0 Å². The maximum absolute atomic E-state index is 12.7. The summed E-state index contributed by atoms with van der Waals surface area (Å²) in [7, 11) is -3.38. The molecule has 1 saturated heterocycles. The summed E-state index contributed by atoms with van der Waals surface area (Å²) in [6, 6.07) is -0.0489. The van der Waals surface area contributed by atoms with Crippen molar-refractivity contribution < 1.29 is 8.42 Å². The molecule has 0 spiro atoms. The van der Waals surface area contributed by atoms with Gasteiger partial charge in [-0.05, 0) is 45.7 Å². The molecule has 0 bridgehead atoms. The van der Waals surface area contributed by atoms with E-state index in [1.54, 1.807) is 10.4 Å². The van der Waals surface area contributed by atoms with E-state index in [9.17, 15) is 8.42 Å². The summed E-state index contributed by atoms with van der Waals surface area (Å²) in [5, 5.41) is 3.32. The first-order valence-corrected chi connectivity index (χ1v) is 8.91. The number of hydrogen-bond donors (Lipinski definition) is 1. The normalized spacial score (nSPS) is 21.6. The molecule has 1 unspecified atom stereocenters. The van der Waals surface area contributed by atoms with Crippen molar-refractivity contribution in [3.8, 4) is 0 Å². The predicted molar refractivity (Wildman–Crippen MR) is 83.8 cm³/mol. The van der Waals surface area contributed by atoms with Crippen LogP contribution in [-0.4, -0.2) is 55.8 Å². The van der Waals surface area contributed by atoms with E-state index in [1.807, 2.05) is 13.8 Å². The van der Waals surface area contributed by atoms with Gasteiger partial charge in [0, 0.05) is 25.7 Å². The fraction of sp³-hybridized carbons (Fsp3) is 0.857. The van der Waals surface area contributed by atoms with Crippen molar-refractivity contribution in [2.45, 2.75) is 39.7 Å². The first kappa shape index (κ1) is 17.6. The fourth-order valence-corrected chi connectivity index (χ4v) is 4.48. The minimum atomic E-state index is -3.38. The Morgan fingerprint density at radius 1 is 1.50 bits per heavy atom. The number of nitrogens with one attached hydrogen (secondary N) is 1. The summed E-state index contributed by atoms with van der Waals surface area (Å²) in [6.07, 6.45) is 3.69. The van der Waals surface area contributed by atoms with E-state index in [0.717, 1.165) is 25.9 Å². The third-order valence-electron chi connectivity index (χ3n) is 3.67. The summed E-state index contributed by atoms with van der Waals surface area (Å²) < 4.78 is 28.6. The monoisotopic (exact) mass is 303 g/mol. The Bertz CT molecular complexity index is 395. The van der Waals surface area contributed by atoms with Crippen LogP contribution in [0.15, 0.2) is 12.7 Å². The zero-order valence-corrected chi connectivity index (χ0v) is 13.8. The van der Waals surface area contributed by atoms with Crippen LogP contribution in [0.1, 0.15) is 33.6 Å². The molecular weight excluding hydrogens is 274 g/mol. The Balaban J connectivity index is 2.77. The highest BCUT2D eigenvalue weighted by Crippen LogP contribution is 2.22. The van der Waals surface area contributed by atoms with Gasteiger partial charge in [-0.1, -0.05) is 13.0 Å². The van der Waals surface area contributed by atoms with Gasteiger partial charge in [-0.2, -0.15) is 17.0 Å². The highest BCUT2D eigenvalue weighted by molar-refractivity contribution is 7.86. The number of piperidine rings is 1. The van der Waals surface area contributed by atoms with Gasteiger partial charge in [-0.3, -0.25) is 0 Å².